The Labute approximate surface area is 120 Å². The van der Waals surface area contributed by atoms with E-state index in [1.165, 1.54) is 11.6 Å². The van der Waals surface area contributed by atoms with Crippen molar-refractivity contribution in [2.75, 3.05) is 7.11 Å². The maximum absolute atomic E-state index is 12.1. The van der Waals surface area contributed by atoms with E-state index in [0.717, 1.165) is 5.69 Å². The molecule has 0 unspecified atom stereocenters. The topological polar surface area (TPSA) is 81.4 Å². The number of aromatic nitrogens is 4. The van der Waals surface area contributed by atoms with E-state index in [4.69, 9.17) is 4.74 Å². The summed E-state index contributed by atoms with van der Waals surface area (Å²) >= 11 is 0. The number of nitrogens with one attached hydrogen (secondary N) is 1. The van der Waals surface area contributed by atoms with Gasteiger partial charge in [-0.3, -0.25) is 9.78 Å². The highest BCUT2D eigenvalue weighted by Gasteiger charge is 2.11. The van der Waals surface area contributed by atoms with Gasteiger partial charge in [-0.25, -0.2) is 9.50 Å². The standard InChI is InChI=1S/C14H13N5O2/c1-21-13-6-5-12-17-11(9-19(12)18-13)14(20)16-8-10-4-2-3-7-15-10/h2-7,9H,8H2,1H3,(H,16,20). The third-order valence-corrected chi connectivity index (χ3v) is 2.89. The van der Waals surface area contributed by atoms with Gasteiger partial charge in [0, 0.05) is 12.3 Å². The molecule has 1 N–H and O–H groups in total. The summed E-state index contributed by atoms with van der Waals surface area (Å²) in [7, 11) is 1.53. The van der Waals surface area contributed by atoms with E-state index < -0.39 is 0 Å². The van der Waals surface area contributed by atoms with Crippen molar-refractivity contribution in [3.05, 3.63) is 54.1 Å². The second-order valence-corrected chi connectivity index (χ2v) is 4.31. The molecule has 0 atom stereocenters. The van der Waals surface area contributed by atoms with Crippen LogP contribution < -0.4 is 10.1 Å². The molecule has 0 aliphatic heterocycles. The Kier molecular flexibility index (Phi) is 3.46. The number of pyridine rings is 1. The first-order valence-electron chi connectivity index (χ1n) is 6.35. The number of fused-ring (bicyclic) bond motifs is 1. The van der Waals surface area contributed by atoms with Crippen molar-refractivity contribution in [1.82, 2.24) is 24.9 Å². The van der Waals surface area contributed by atoms with E-state index in [1.54, 1.807) is 24.5 Å². The molecule has 3 aromatic rings. The van der Waals surface area contributed by atoms with Crippen molar-refractivity contribution < 1.29 is 9.53 Å². The molecular weight excluding hydrogens is 270 g/mol. The van der Waals surface area contributed by atoms with E-state index in [9.17, 15) is 4.79 Å². The zero-order valence-electron chi connectivity index (χ0n) is 11.4. The van der Waals surface area contributed by atoms with Gasteiger partial charge in [0.2, 0.25) is 5.88 Å². The Bertz CT molecular complexity index is 769. The van der Waals surface area contributed by atoms with Crippen LogP contribution >= 0.6 is 0 Å². The highest BCUT2D eigenvalue weighted by molar-refractivity contribution is 5.92. The predicted molar refractivity (Wildman–Crippen MR) is 74.9 cm³/mol. The van der Waals surface area contributed by atoms with Crippen LogP contribution in [0, 0.1) is 0 Å². The highest BCUT2D eigenvalue weighted by Crippen LogP contribution is 2.09. The zero-order valence-corrected chi connectivity index (χ0v) is 11.4. The quantitative estimate of drug-likeness (QED) is 0.774. The molecule has 0 spiro atoms. The minimum atomic E-state index is -0.273. The van der Waals surface area contributed by atoms with Crippen molar-refractivity contribution in [3.63, 3.8) is 0 Å². The molecule has 3 aromatic heterocycles. The van der Waals surface area contributed by atoms with Crippen LogP contribution in [-0.2, 0) is 6.54 Å². The van der Waals surface area contributed by atoms with Gasteiger partial charge in [-0.2, -0.15) is 0 Å². The highest BCUT2D eigenvalue weighted by atomic mass is 16.5. The molecule has 0 aliphatic carbocycles. The average molecular weight is 283 g/mol. The van der Waals surface area contributed by atoms with E-state index in [2.05, 4.69) is 20.4 Å². The first-order chi connectivity index (χ1) is 10.3. The molecule has 0 saturated heterocycles. The molecule has 0 bridgehead atoms. The molecule has 21 heavy (non-hydrogen) atoms. The smallest absolute Gasteiger partial charge is 0.271 e. The Morgan fingerprint density at radius 3 is 3.00 bits per heavy atom. The number of carbonyl (C=O) groups excluding carboxylic acids is 1. The van der Waals surface area contributed by atoms with Gasteiger partial charge < -0.3 is 10.1 Å². The fourth-order valence-corrected chi connectivity index (χ4v) is 1.85. The van der Waals surface area contributed by atoms with Crippen molar-refractivity contribution in [2.24, 2.45) is 0 Å². The number of imidazole rings is 1. The third kappa shape index (κ3) is 2.81. The summed E-state index contributed by atoms with van der Waals surface area (Å²) in [5.41, 5.74) is 1.67. The van der Waals surface area contributed by atoms with Gasteiger partial charge in [-0.05, 0) is 18.2 Å². The van der Waals surface area contributed by atoms with Crippen LogP contribution in [0.2, 0.25) is 0 Å². The van der Waals surface area contributed by atoms with Crippen LogP contribution in [0.5, 0.6) is 5.88 Å². The van der Waals surface area contributed by atoms with E-state index in [1.807, 2.05) is 18.2 Å². The number of rotatable bonds is 4. The van der Waals surface area contributed by atoms with Crippen LogP contribution in [0.4, 0.5) is 0 Å². The van der Waals surface area contributed by atoms with Gasteiger partial charge in [-0.1, -0.05) is 6.07 Å². The summed E-state index contributed by atoms with van der Waals surface area (Å²) in [6.45, 7) is 0.351. The normalized spacial score (nSPS) is 10.5. The van der Waals surface area contributed by atoms with Gasteiger partial charge in [0.1, 0.15) is 5.69 Å². The molecule has 7 heteroatoms. The van der Waals surface area contributed by atoms with Gasteiger partial charge >= 0.3 is 0 Å². The Balaban J connectivity index is 1.75. The fraction of sp³-hybridized carbons (Fsp3) is 0.143. The maximum Gasteiger partial charge on any atom is 0.271 e. The number of methoxy groups -OCH3 is 1. The summed E-state index contributed by atoms with van der Waals surface area (Å²) in [6.07, 6.45) is 3.24. The summed E-state index contributed by atoms with van der Waals surface area (Å²) in [5, 5.41) is 6.92. The number of nitrogens with zero attached hydrogens (tertiary/aromatic N) is 4. The molecular formula is C14H13N5O2. The molecule has 0 aromatic carbocycles. The molecule has 0 fully saturated rings. The van der Waals surface area contributed by atoms with Crippen LogP contribution in [0.15, 0.2) is 42.7 Å². The summed E-state index contributed by atoms with van der Waals surface area (Å²) in [6, 6.07) is 8.97. The Morgan fingerprint density at radius 1 is 1.33 bits per heavy atom. The monoisotopic (exact) mass is 283 g/mol. The van der Waals surface area contributed by atoms with E-state index in [0.29, 0.717) is 23.8 Å². The lowest BCUT2D eigenvalue weighted by atomic mass is 10.3. The minimum absolute atomic E-state index is 0.273. The van der Waals surface area contributed by atoms with Crippen LogP contribution in [0.3, 0.4) is 0 Å². The molecule has 7 nitrogen and oxygen atoms in total. The first-order valence-corrected chi connectivity index (χ1v) is 6.35. The molecule has 3 rings (SSSR count). The second kappa shape index (κ2) is 5.58. The molecule has 106 valence electrons. The number of ether oxygens (including phenoxy) is 1. The minimum Gasteiger partial charge on any atom is -0.480 e. The predicted octanol–water partition coefficient (Wildman–Crippen LogP) is 1.06. The summed E-state index contributed by atoms with van der Waals surface area (Å²) in [4.78, 5) is 20.4. The Morgan fingerprint density at radius 2 is 2.24 bits per heavy atom. The lowest BCUT2D eigenvalue weighted by molar-refractivity contribution is 0.0946. The first kappa shape index (κ1) is 13.0. The van der Waals surface area contributed by atoms with Crippen LogP contribution in [-0.4, -0.2) is 32.6 Å². The van der Waals surface area contributed by atoms with Crippen LogP contribution in [0.25, 0.3) is 5.65 Å². The van der Waals surface area contributed by atoms with Crippen molar-refractivity contribution in [2.45, 2.75) is 6.54 Å². The van der Waals surface area contributed by atoms with Crippen molar-refractivity contribution in [3.8, 4) is 5.88 Å². The van der Waals surface area contributed by atoms with Gasteiger partial charge in [0.15, 0.2) is 5.65 Å². The largest absolute Gasteiger partial charge is 0.480 e. The lowest BCUT2D eigenvalue weighted by Gasteiger charge is -2.01. The van der Waals surface area contributed by atoms with Gasteiger partial charge in [0.25, 0.3) is 5.91 Å². The third-order valence-electron chi connectivity index (χ3n) is 2.89. The lowest BCUT2D eigenvalue weighted by Crippen LogP contribution is -2.23. The molecule has 1 amide bonds. The number of hydrogen-bond donors (Lipinski definition) is 1. The molecule has 3 heterocycles. The fourth-order valence-electron chi connectivity index (χ4n) is 1.85. The summed E-state index contributed by atoms with van der Waals surface area (Å²) < 4.78 is 6.54. The number of amides is 1. The molecule has 0 radical (unpaired) electrons. The molecule has 0 saturated carbocycles. The molecule has 0 aliphatic rings. The van der Waals surface area contributed by atoms with E-state index in [-0.39, 0.29) is 5.91 Å². The maximum atomic E-state index is 12.1. The SMILES string of the molecule is COc1ccc2nc(C(=O)NCc3ccccn3)cn2n1. The van der Waals surface area contributed by atoms with E-state index >= 15 is 0 Å². The second-order valence-electron chi connectivity index (χ2n) is 4.31. The van der Waals surface area contributed by atoms with Crippen LogP contribution in [0.1, 0.15) is 16.2 Å². The number of carbonyl (C=O) groups is 1. The Hall–Kier alpha value is -2.96. The van der Waals surface area contributed by atoms with Gasteiger partial charge in [-0.15, -0.1) is 5.10 Å². The number of hydrogen-bond acceptors (Lipinski definition) is 5. The summed E-state index contributed by atoms with van der Waals surface area (Å²) in [5.74, 6) is 0.186. The zero-order chi connectivity index (χ0) is 14.7. The van der Waals surface area contributed by atoms with Crippen molar-refractivity contribution in [1.29, 1.82) is 0 Å². The average Bonchev–Trinajstić information content (AvgIpc) is 2.96. The van der Waals surface area contributed by atoms with Gasteiger partial charge in [0.05, 0.1) is 25.5 Å². The van der Waals surface area contributed by atoms with Crippen molar-refractivity contribution >= 4 is 11.6 Å².